The summed E-state index contributed by atoms with van der Waals surface area (Å²) in [6.07, 6.45) is 0.963. The van der Waals surface area contributed by atoms with E-state index in [4.69, 9.17) is 5.73 Å². The fourth-order valence-electron chi connectivity index (χ4n) is 2.33. The van der Waals surface area contributed by atoms with E-state index in [1.807, 2.05) is 16.5 Å². The van der Waals surface area contributed by atoms with Crippen LogP contribution >= 0.6 is 23.1 Å². The monoisotopic (exact) mass is 323 g/mol. The molecule has 1 aliphatic heterocycles. The third kappa shape index (κ3) is 2.97. The summed E-state index contributed by atoms with van der Waals surface area (Å²) in [4.78, 5) is 15.6. The van der Waals surface area contributed by atoms with E-state index >= 15 is 0 Å². The summed E-state index contributed by atoms with van der Waals surface area (Å²) >= 11 is 3.19. The second kappa shape index (κ2) is 6.17. The van der Waals surface area contributed by atoms with E-state index in [0.717, 1.165) is 30.5 Å². The molecule has 112 valence electrons. The average molecular weight is 323 g/mol. The summed E-state index contributed by atoms with van der Waals surface area (Å²) in [7, 11) is 1.87. The van der Waals surface area contributed by atoms with Crippen molar-refractivity contribution in [2.24, 2.45) is 12.8 Å². The Morgan fingerprint density at radius 3 is 3.14 bits per heavy atom. The molecule has 0 atom stereocenters. The zero-order valence-corrected chi connectivity index (χ0v) is 13.4. The lowest BCUT2D eigenvalue weighted by Crippen LogP contribution is -2.36. The molecule has 0 saturated carbocycles. The Bertz CT molecular complexity index is 651. The first-order valence-electron chi connectivity index (χ1n) is 6.73. The van der Waals surface area contributed by atoms with Gasteiger partial charge in [0.05, 0.1) is 12.3 Å². The third-order valence-corrected chi connectivity index (χ3v) is 5.62. The van der Waals surface area contributed by atoms with Gasteiger partial charge in [0, 0.05) is 25.0 Å². The maximum Gasteiger partial charge on any atom is 0.233 e. The summed E-state index contributed by atoms with van der Waals surface area (Å²) in [5, 5.41) is 10.9. The van der Waals surface area contributed by atoms with Gasteiger partial charge in [-0.05, 0) is 23.4 Å². The number of aromatic nitrogens is 3. The Balaban J connectivity index is 1.58. The number of thiophene rings is 1. The number of hydrogen-bond donors (Lipinski definition) is 1. The van der Waals surface area contributed by atoms with Crippen LogP contribution in [-0.4, -0.2) is 37.9 Å². The van der Waals surface area contributed by atoms with Gasteiger partial charge in [-0.3, -0.25) is 4.79 Å². The molecule has 0 saturated heterocycles. The summed E-state index contributed by atoms with van der Waals surface area (Å²) < 4.78 is 1.84. The fourth-order valence-corrected chi connectivity index (χ4v) is 4.05. The molecule has 2 N–H and O–H groups in total. The summed E-state index contributed by atoms with van der Waals surface area (Å²) in [5.74, 6) is 1.26. The maximum absolute atomic E-state index is 12.3. The minimum Gasteiger partial charge on any atom is -0.337 e. The number of thioether (sulfide) groups is 1. The maximum atomic E-state index is 12.3. The van der Waals surface area contributed by atoms with Gasteiger partial charge in [0.2, 0.25) is 5.91 Å². The number of nitrogens with zero attached hydrogens (tertiary/aromatic N) is 4. The highest BCUT2D eigenvalue weighted by Crippen LogP contribution is 2.25. The predicted octanol–water partition coefficient (Wildman–Crippen LogP) is 1.01. The van der Waals surface area contributed by atoms with E-state index in [-0.39, 0.29) is 5.91 Å². The molecule has 2 aromatic rings. The van der Waals surface area contributed by atoms with Gasteiger partial charge in [-0.15, -0.1) is 21.5 Å². The standard InChI is InChI=1S/C13H17N5OS2/c1-17-11(6-14)15-16-13(17)21-8-12(19)18-4-2-10-9(7-18)3-5-20-10/h3,5H,2,4,6-8,14H2,1H3. The normalized spacial score (nSPS) is 14.3. The van der Waals surface area contributed by atoms with Crippen molar-refractivity contribution in [3.63, 3.8) is 0 Å². The quantitative estimate of drug-likeness (QED) is 0.850. The first-order valence-corrected chi connectivity index (χ1v) is 8.59. The smallest absolute Gasteiger partial charge is 0.233 e. The molecule has 2 aromatic heterocycles. The number of carbonyl (C=O) groups excluding carboxylic acids is 1. The number of hydrogen-bond acceptors (Lipinski definition) is 6. The van der Waals surface area contributed by atoms with Gasteiger partial charge in [0.1, 0.15) is 5.82 Å². The molecule has 21 heavy (non-hydrogen) atoms. The van der Waals surface area contributed by atoms with Crippen LogP contribution < -0.4 is 5.73 Å². The number of amides is 1. The van der Waals surface area contributed by atoms with E-state index < -0.39 is 0 Å². The molecular formula is C13H17N5OS2. The van der Waals surface area contributed by atoms with Gasteiger partial charge in [0.25, 0.3) is 0 Å². The van der Waals surface area contributed by atoms with Crippen molar-refractivity contribution in [3.8, 4) is 0 Å². The molecular weight excluding hydrogens is 306 g/mol. The Kier molecular flexibility index (Phi) is 4.27. The number of rotatable bonds is 4. The second-order valence-electron chi connectivity index (χ2n) is 4.88. The zero-order chi connectivity index (χ0) is 14.8. The Morgan fingerprint density at radius 2 is 2.38 bits per heavy atom. The molecule has 1 aliphatic rings. The Hall–Kier alpha value is -1.38. The zero-order valence-electron chi connectivity index (χ0n) is 11.8. The largest absolute Gasteiger partial charge is 0.337 e. The van der Waals surface area contributed by atoms with Crippen LogP contribution in [0, 0.1) is 0 Å². The van der Waals surface area contributed by atoms with Crippen molar-refractivity contribution in [1.29, 1.82) is 0 Å². The molecule has 0 bridgehead atoms. The van der Waals surface area contributed by atoms with Crippen LogP contribution in [0.15, 0.2) is 16.6 Å². The molecule has 0 unspecified atom stereocenters. The molecule has 6 nitrogen and oxygen atoms in total. The molecule has 1 amide bonds. The minimum atomic E-state index is 0.147. The first kappa shape index (κ1) is 14.6. The molecule has 3 heterocycles. The Labute approximate surface area is 131 Å². The van der Waals surface area contributed by atoms with E-state index in [2.05, 4.69) is 21.6 Å². The molecule has 0 aliphatic carbocycles. The van der Waals surface area contributed by atoms with Crippen LogP contribution in [0.4, 0.5) is 0 Å². The third-order valence-electron chi connectivity index (χ3n) is 3.59. The van der Waals surface area contributed by atoms with Crippen LogP contribution in [-0.2, 0) is 31.4 Å². The van der Waals surface area contributed by atoms with Crippen molar-refractivity contribution in [2.45, 2.75) is 24.7 Å². The van der Waals surface area contributed by atoms with Crippen molar-refractivity contribution < 1.29 is 4.79 Å². The van der Waals surface area contributed by atoms with E-state index in [0.29, 0.717) is 12.3 Å². The molecule has 3 rings (SSSR count). The van der Waals surface area contributed by atoms with Crippen LogP contribution in [0.5, 0.6) is 0 Å². The van der Waals surface area contributed by atoms with Crippen molar-refractivity contribution >= 4 is 29.0 Å². The highest BCUT2D eigenvalue weighted by atomic mass is 32.2. The van der Waals surface area contributed by atoms with Gasteiger partial charge in [-0.25, -0.2) is 0 Å². The van der Waals surface area contributed by atoms with Gasteiger partial charge in [0.15, 0.2) is 5.16 Å². The fraction of sp³-hybridized carbons (Fsp3) is 0.462. The van der Waals surface area contributed by atoms with Crippen molar-refractivity contribution in [2.75, 3.05) is 12.3 Å². The van der Waals surface area contributed by atoms with Gasteiger partial charge < -0.3 is 15.2 Å². The second-order valence-corrected chi connectivity index (χ2v) is 6.83. The van der Waals surface area contributed by atoms with Gasteiger partial charge >= 0.3 is 0 Å². The Morgan fingerprint density at radius 1 is 1.52 bits per heavy atom. The molecule has 0 radical (unpaired) electrons. The van der Waals surface area contributed by atoms with Gasteiger partial charge in [-0.1, -0.05) is 11.8 Å². The molecule has 0 spiro atoms. The highest BCUT2D eigenvalue weighted by Gasteiger charge is 2.22. The summed E-state index contributed by atoms with van der Waals surface area (Å²) in [6.45, 7) is 1.88. The van der Waals surface area contributed by atoms with Gasteiger partial charge in [-0.2, -0.15) is 0 Å². The highest BCUT2D eigenvalue weighted by molar-refractivity contribution is 7.99. The van der Waals surface area contributed by atoms with Crippen LogP contribution in [0.3, 0.4) is 0 Å². The minimum absolute atomic E-state index is 0.147. The lowest BCUT2D eigenvalue weighted by atomic mass is 10.1. The number of carbonyl (C=O) groups is 1. The van der Waals surface area contributed by atoms with Crippen molar-refractivity contribution in [3.05, 3.63) is 27.7 Å². The first-order chi connectivity index (χ1) is 10.2. The van der Waals surface area contributed by atoms with E-state index in [1.165, 1.54) is 22.2 Å². The molecule has 0 fully saturated rings. The average Bonchev–Trinajstić information content (AvgIpc) is 3.10. The van der Waals surface area contributed by atoms with E-state index in [1.54, 1.807) is 11.3 Å². The van der Waals surface area contributed by atoms with Crippen LogP contribution in [0.2, 0.25) is 0 Å². The SMILES string of the molecule is Cn1c(CN)nnc1SCC(=O)N1CCc2sccc2C1. The van der Waals surface area contributed by atoms with Crippen molar-refractivity contribution in [1.82, 2.24) is 19.7 Å². The lowest BCUT2D eigenvalue weighted by molar-refractivity contribution is -0.129. The van der Waals surface area contributed by atoms with Crippen LogP contribution in [0.1, 0.15) is 16.3 Å². The lowest BCUT2D eigenvalue weighted by Gasteiger charge is -2.26. The predicted molar refractivity (Wildman–Crippen MR) is 83.1 cm³/mol. The summed E-state index contributed by atoms with van der Waals surface area (Å²) in [5.41, 5.74) is 6.85. The number of fused-ring (bicyclic) bond motifs is 1. The van der Waals surface area contributed by atoms with Crippen LogP contribution in [0.25, 0.3) is 0 Å². The topological polar surface area (TPSA) is 77.0 Å². The number of nitrogens with two attached hydrogens (primary N) is 1. The summed E-state index contributed by atoms with van der Waals surface area (Å²) in [6, 6.07) is 2.11. The van der Waals surface area contributed by atoms with E-state index in [9.17, 15) is 4.79 Å². The molecule has 8 heteroatoms. The molecule has 0 aromatic carbocycles.